The molecule has 0 radical (unpaired) electrons. The molecule has 1 fully saturated rings. The van der Waals surface area contributed by atoms with Crippen molar-refractivity contribution in [3.05, 3.63) is 59.7 Å². The lowest BCUT2D eigenvalue weighted by atomic mass is 10.1. The molecule has 4 rings (SSSR count). The van der Waals surface area contributed by atoms with Crippen LogP contribution in [0.1, 0.15) is 23.8 Å². The molecule has 1 aliphatic heterocycles. The number of amides is 1. The Morgan fingerprint density at radius 1 is 1.26 bits per heavy atom. The third-order valence-electron chi connectivity index (χ3n) is 4.64. The van der Waals surface area contributed by atoms with Crippen molar-refractivity contribution in [3.8, 4) is 17.1 Å². The first kappa shape index (κ1) is 17.2. The number of ether oxygens (including phenoxy) is 1. The summed E-state index contributed by atoms with van der Waals surface area (Å²) in [4.78, 5) is 18.4. The fourth-order valence-electron chi connectivity index (χ4n) is 3.25. The lowest BCUT2D eigenvalue weighted by Crippen LogP contribution is -2.24. The Morgan fingerprint density at radius 3 is 2.85 bits per heavy atom. The molecule has 27 heavy (non-hydrogen) atoms. The molecule has 1 aromatic heterocycles. The Morgan fingerprint density at radius 2 is 2.11 bits per heavy atom. The molecule has 2 heterocycles. The topological polar surface area (TPSA) is 68.5 Å². The van der Waals surface area contributed by atoms with E-state index in [4.69, 9.17) is 9.26 Å². The second-order valence-corrected chi connectivity index (χ2v) is 6.55. The number of nitrogens with zero attached hydrogens (tertiary/aromatic N) is 3. The molecule has 1 saturated heterocycles. The Kier molecular flexibility index (Phi) is 4.35. The average Bonchev–Trinajstić information content (AvgIpc) is 3.28. The van der Waals surface area contributed by atoms with Crippen LogP contribution in [0.3, 0.4) is 0 Å². The summed E-state index contributed by atoms with van der Waals surface area (Å²) in [6, 6.07) is 12.3. The van der Waals surface area contributed by atoms with Gasteiger partial charge in [0.25, 0.3) is 0 Å². The molecule has 1 atom stereocenters. The number of halogens is 1. The SMILES string of the molecule is COc1ccc(N2CC(c3nc(-c4cccc(C)c4)no3)CC2=O)cc1F. The van der Waals surface area contributed by atoms with E-state index in [2.05, 4.69) is 10.1 Å². The third kappa shape index (κ3) is 3.28. The Bertz CT molecular complexity index is 1000. The van der Waals surface area contributed by atoms with Gasteiger partial charge in [-0.2, -0.15) is 4.98 Å². The Labute approximate surface area is 155 Å². The molecule has 0 saturated carbocycles. The van der Waals surface area contributed by atoms with Gasteiger partial charge in [0.2, 0.25) is 17.6 Å². The Hall–Kier alpha value is -3.22. The number of aryl methyl sites for hydroxylation is 1. The molecule has 3 aromatic rings. The summed E-state index contributed by atoms with van der Waals surface area (Å²) in [7, 11) is 1.40. The molecule has 2 aromatic carbocycles. The van der Waals surface area contributed by atoms with E-state index in [0.29, 0.717) is 23.9 Å². The van der Waals surface area contributed by atoms with Crippen LogP contribution in [0.15, 0.2) is 47.0 Å². The summed E-state index contributed by atoms with van der Waals surface area (Å²) in [6.07, 6.45) is 0.239. The molecule has 1 amide bonds. The van der Waals surface area contributed by atoms with Crippen molar-refractivity contribution in [1.82, 2.24) is 10.1 Å². The largest absolute Gasteiger partial charge is 0.494 e. The molecule has 7 heteroatoms. The first-order valence-corrected chi connectivity index (χ1v) is 8.59. The van der Waals surface area contributed by atoms with Crippen LogP contribution < -0.4 is 9.64 Å². The average molecular weight is 367 g/mol. The van der Waals surface area contributed by atoms with Crippen LogP contribution in [0, 0.1) is 12.7 Å². The first-order valence-electron chi connectivity index (χ1n) is 8.59. The molecule has 0 spiro atoms. The van der Waals surface area contributed by atoms with Gasteiger partial charge in [-0.25, -0.2) is 4.39 Å². The molecule has 0 aliphatic carbocycles. The molecule has 1 aliphatic rings. The molecular weight excluding hydrogens is 349 g/mol. The summed E-state index contributed by atoms with van der Waals surface area (Å²) in [5, 5.41) is 4.04. The predicted molar refractivity (Wildman–Crippen MR) is 97.1 cm³/mol. The molecule has 138 valence electrons. The van der Waals surface area contributed by atoms with E-state index in [9.17, 15) is 9.18 Å². The van der Waals surface area contributed by atoms with Gasteiger partial charge in [0.15, 0.2) is 11.6 Å². The lowest BCUT2D eigenvalue weighted by molar-refractivity contribution is -0.117. The second kappa shape index (κ2) is 6.83. The zero-order valence-electron chi connectivity index (χ0n) is 15.0. The van der Waals surface area contributed by atoms with E-state index in [1.165, 1.54) is 24.1 Å². The molecule has 1 unspecified atom stereocenters. The van der Waals surface area contributed by atoms with Crippen LogP contribution in [-0.2, 0) is 4.79 Å². The number of hydrogen-bond donors (Lipinski definition) is 0. The smallest absolute Gasteiger partial charge is 0.232 e. The predicted octanol–water partition coefficient (Wildman–Crippen LogP) is 3.71. The minimum Gasteiger partial charge on any atom is -0.494 e. The monoisotopic (exact) mass is 367 g/mol. The van der Waals surface area contributed by atoms with E-state index in [1.807, 2.05) is 31.2 Å². The summed E-state index contributed by atoms with van der Waals surface area (Å²) in [5.74, 6) is 0.201. The molecule has 0 bridgehead atoms. The summed E-state index contributed by atoms with van der Waals surface area (Å²) in [5.41, 5.74) is 2.45. The summed E-state index contributed by atoms with van der Waals surface area (Å²) < 4.78 is 24.3. The molecular formula is C20H18FN3O3. The normalized spacial score (nSPS) is 16.8. The van der Waals surface area contributed by atoms with Crippen molar-refractivity contribution in [2.45, 2.75) is 19.3 Å². The van der Waals surface area contributed by atoms with Gasteiger partial charge >= 0.3 is 0 Å². The van der Waals surface area contributed by atoms with Crippen LogP contribution >= 0.6 is 0 Å². The van der Waals surface area contributed by atoms with Crippen molar-refractivity contribution in [2.24, 2.45) is 0 Å². The highest BCUT2D eigenvalue weighted by Crippen LogP contribution is 2.33. The van der Waals surface area contributed by atoms with Crippen LogP contribution in [0.5, 0.6) is 5.75 Å². The van der Waals surface area contributed by atoms with Gasteiger partial charge in [0, 0.05) is 30.3 Å². The number of aromatic nitrogens is 2. The maximum absolute atomic E-state index is 14.0. The third-order valence-corrected chi connectivity index (χ3v) is 4.64. The second-order valence-electron chi connectivity index (χ2n) is 6.55. The van der Waals surface area contributed by atoms with Gasteiger partial charge in [-0.1, -0.05) is 28.9 Å². The minimum absolute atomic E-state index is 0.111. The van der Waals surface area contributed by atoms with Gasteiger partial charge < -0.3 is 14.2 Å². The number of benzene rings is 2. The maximum atomic E-state index is 14.0. The van der Waals surface area contributed by atoms with E-state index in [1.54, 1.807) is 6.07 Å². The summed E-state index contributed by atoms with van der Waals surface area (Å²) in [6.45, 7) is 2.35. The van der Waals surface area contributed by atoms with Crippen molar-refractivity contribution < 1.29 is 18.4 Å². The van der Waals surface area contributed by atoms with Gasteiger partial charge in [0.1, 0.15) is 0 Å². The Balaban J connectivity index is 1.55. The van der Waals surface area contributed by atoms with E-state index >= 15 is 0 Å². The van der Waals surface area contributed by atoms with Crippen LogP contribution in [0.25, 0.3) is 11.4 Å². The van der Waals surface area contributed by atoms with Crippen molar-refractivity contribution in [3.63, 3.8) is 0 Å². The van der Waals surface area contributed by atoms with Gasteiger partial charge in [-0.3, -0.25) is 4.79 Å². The highest BCUT2D eigenvalue weighted by atomic mass is 19.1. The number of methoxy groups -OCH3 is 1. The highest BCUT2D eigenvalue weighted by molar-refractivity contribution is 5.96. The van der Waals surface area contributed by atoms with Crippen LogP contribution in [0.2, 0.25) is 0 Å². The number of hydrogen-bond acceptors (Lipinski definition) is 5. The van der Waals surface area contributed by atoms with E-state index in [-0.39, 0.29) is 24.0 Å². The minimum atomic E-state index is -0.509. The maximum Gasteiger partial charge on any atom is 0.232 e. The first-order chi connectivity index (χ1) is 13.0. The van der Waals surface area contributed by atoms with Crippen molar-refractivity contribution in [1.29, 1.82) is 0 Å². The standard InChI is InChI=1S/C20H18FN3O3/c1-12-4-3-5-13(8-12)19-22-20(27-23-19)14-9-18(25)24(11-14)15-6-7-17(26-2)16(21)10-15/h3-8,10,14H,9,11H2,1-2H3. The zero-order chi connectivity index (χ0) is 19.0. The van der Waals surface area contributed by atoms with Crippen LogP contribution in [-0.4, -0.2) is 29.7 Å². The summed E-state index contributed by atoms with van der Waals surface area (Å²) >= 11 is 0. The fourth-order valence-corrected chi connectivity index (χ4v) is 3.25. The lowest BCUT2D eigenvalue weighted by Gasteiger charge is -2.16. The zero-order valence-corrected chi connectivity index (χ0v) is 15.0. The van der Waals surface area contributed by atoms with Crippen molar-refractivity contribution in [2.75, 3.05) is 18.6 Å². The number of carbonyl (C=O) groups is 1. The van der Waals surface area contributed by atoms with Gasteiger partial charge in [0.05, 0.1) is 13.0 Å². The number of rotatable bonds is 4. The van der Waals surface area contributed by atoms with Crippen molar-refractivity contribution >= 4 is 11.6 Å². The van der Waals surface area contributed by atoms with Crippen LogP contribution in [0.4, 0.5) is 10.1 Å². The fraction of sp³-hybridized carbons (Fsp3) is 0.250. The highest BCUT2D eigenvalue weighted by Gasteiger charge is 2.35. The van der Waals surface area contributed by atoms with E-state index in [0.717, 1.165) is 11.1 Å². The molecule has 0 N–H and O–H groups in total. The van der Waals surface area contributed by atoms with E-state index < -0.39 is 5.82 Å². The molecule has 6 nitrogen and oxygen atoms in total. The number of carbonyl (C=O) groups excluding carboxylic acids is 1. The quantitative estimate of drug-likeness (QED) is 0.703. The number of anilines is 1. The van der Waals surface area contributed by atoms with Gasteiger partial charge in [-0.15, -0.1) is 0 Å². The van der Waals surface area contributed by atoms with Gasteiger partial charge in [-0.05, 0) is 25.1 Å².